The fourth-order valence-electron chi connectivity index (χ4n) is 1.69. The first-order valence-corrected chi connectivity index (χ1v) is 7.85. The summed E-state index contributed by atoms with van der Waals surface area (Å²) in [6, 6.07) is 7.59. The monoisotopic (exact) mass is 374 g/mol. The second-order valence-corrected chi connectivity index (χ2v) is 6.39. The first kappa shape index (κ1) is 15.8. The van der Waals surface area contributed by atoms with Gasteiger partial charge in [-0.2, -0.15) is 0 Å². The van der Waals surface area contributed by atoms with E-state index in [0.29, 0.717) is 5.56 Å². The molecule has 0 amide bonds. The lowest BCUT2D eigenvalue weighted by Crippen LogP contribution is -2.04. The SMILES string of the molecule is O=C(O)c1cc(S(=O)Cc2cccc(F)c2Br)ccc1F. The Labute approximate surface area is 130 Å². The van der Waals surface area contributed by atoms with E-state index in [1.165, 1.54) is 18.2 Å². The van der Waals surface area contributed by atoms with Gasteiger partial charge in [-0.05, 0) is 45.8 Å². The molecule has 2 rings (SSSR count). The molecule has 0 aromatic heterocycles. The van der Waals surface area contributed by atoms with Gasteiger partial charge < -0.3 is 5.11 Å². The molecule has 0 fully saturated rings. The lowest BCUT2D eigenvalue weighted by atomic mass is 10.2. The Morgan fingerprint density at radius 3 is 2.57 bits per heavy atom. The smallest absolute Gasteiger partial charge is 0.338 e. The summed E-state index contributed by atoms with van der Waals surface area (Å²) in [5.74, 6) is -2.81. The van der Waals surface area contributed by atoms with Crippen molar-refractivity contribution in [1.29, 1.82) is 0 Å². The van der Waals surface area contributed by atoms with Crippen LogP contribution in [0.15, 0.2) is 45.8 Å². The van der Waals surface area contributed by atoms with Crippen molar-refractivity contribution in [2.75, 3.05) is 0 Å². The normalized spacial score (nSPS) is 12.1. The van der Waals surface area contributed by atoms with E-state index in [2.05, 4.69) is 15.9 Å². The van der Waals surface area contributed by atoms with Gasteiger partial charge in [0.15, 0.2) is 0 Å². The molecule has 0 saturated heterocycles. The average Bonchev–Trinajstić information content (AvgIpc) is 2.44. The van der Waals surface area contributed by atoms with Crippen molar-refractivity contribution in [3.63, 3.8) is 0 Å². The van der Waals surface area contributed by atoms with Crippen molar-refractivity contribution >= 4 is 32.7 Å². The molecule has 110 valence electrons. The highest BCUT2D eigenvalue weighted by Gasteiger charge is 2.15. The Bertz CT molecular complexity index is 734. The van der Waals surface area contributed by atoms with Crippen LogP contribution in [0.2, 0.25) is 0 Å². The summed E-state index contributed by atoms with van der Waals surface area (Å²) in [7, 11) is -1.61. The minimum atomic E-state index is -1.61. The van der Waals surface area contributed by atoms with Gasteiger partial charge in [-0.25, -0.2) is 13.6 Å². The number of carboxylic acid groups (broad SMARTS) is 1. The standard InChI is InChI=1S/C14H9BrF2O3S/c15-13-8(2-1-3-12(13)17)7-21(20)9-4-5-11(16)10(6-9)14(18)19/h1-6H,7H2,(H,18,19). The molecule has 0 radical (unpaired) electrons. The van der Waals surface area contributed by atoms with Crippen LogP contribution in [-0.2, 0) is 16.6 Å². The number of halogens is 3. The maximum atomic E-state index is 13.4. The molecule has 1 N–H and O–H groups in total. The predicted molar refractivity (Wildman–Crippen MR) is 77.6 cm³/mol. The van der Waals surface area contributed by atoms with Crippen molar-refractivity contribution < 1.29 is 22.9 Å². The third kappa shape index (κ3) is 3.54. The van der Waals surface area contributed by atoms with Crippen LogP contribution in [-0.4, -0.2) is 15.3 Å². The van der Waals surface area contributed by atoms with Crippen LogP contribution in [0, 0.1) is 11.6 Å². The Morgan fingerprint density at radius 2 is 1.90 bits per heavy atom. The largest absolute Gasteiger partial charge is 0.478 e. The van der Waals surface area contributed by atoms with E-state index in [1.807, 2.05) is 0 Å². The van der Waals surface area contributed by atoms with Gasteiger partial charge in [-0.3, -0.25) is 4.21 Å². The van der Waals surface area contributed by atoms with Gasteiger partial charge >= 0.3 is 5.97 Å². The number of rotatable bonds is 4. The molecule has 7 heteroatoms. The Kier molecular flexibility index (Phi) is 4.84. The van der Waals surface area contributed by atoms with Crippen LogP contribution in [0.1, 0.15) is 15.9 Å². The summed E-state index contributed by atoms with van der Waals surface area (Å²) in [4.78, 5) is 11.0. The van der Waals surface area contributed by atoms with Gasteiger partial charge in [0, 0.05) is 4.90 Å². The zero-order valence-corrected chi connectivity index (χ0v) is 12.9. The van der Waals surface area contributed by atoms with Gasteiger partial charge in [0.1, 0.15) is 11.6 Å². The average molecular weight is 375 g/mol. The fraction of sp³-hybridized carbons (Fsp3) is 0.0714. The highest BCUT2D eigenvalue weighted by Crippen LogP contribution is 2.24. The van der Waals surface area contributed by atoms with Crippen molar-refractivity contribution in [3.05, 3.63) is 63.6 Å². The van der Waals surface area contributed by atoms with E-state index in [1.54, 1.807) is 6.07 Å². The van der Waals surface area contributed by atoms with Crippen LogP contribution in [0.3, 0.4) is 0 Å². The molecule has 0 aliphatic carbocycles. The van der Waals surface area contributed by atoms with Gasteiger partial charge in [-0.15, -0.1) is 0 Å². The van der Waals surface area contributed by atoms with Crippen molar-refractivity contribution in [2.24, 2.45) is 0 Å². The third-order valence-corrected chi connectivity index (χ3v) is 4.99. The summed E-state index contributed by atoms with van der Waals surface area (Å²) in [5, 5.41) is 8.85. The number of aromatic carboxylic acids is 1. The number of hydrogen-bond donors (Lipinski definition) is 1. The molecule has 0 saturated carbocycles. The molecule has 0 heterocycles. The van der Waals surface area contributed by atoms with E-state index < -0.39 is 34.0 Å². The minimum Gasteiger partial charge on any atom is -0.478 e. The number of hydrogen-bond acceptors (Lipinski definition) is 2. The van der Waals surface area contributed by atoms with Crippen LogP contribution in [0.4, 0.5) is 8.78 Å². The van der Waals surface area contributed by atoms with Crippen LogP contribution in [0.25, 0.3) is 0 Å². The zero-order chi connectivity index (χ0) is 15.6. The van der Waals surface area contributed by atoms with Gasteiger partial charge in [0.05, 0.1) is 26.6 Å². The highest BCUT2D eigenvalue weighted by molar-refractivity contribution is 9.10. The minimum absolute atomic E-state index is 0.0109. The lowest BCUT2D eigenvalue weighted by molar-refractivity contribution is 0.0691. The third-order valence-electron chi connectivity index (χ3n) is 2.75. The first-order chi connectivity index (χ1) is 9.90. The maximum Gasteiger partial charge on any atom is 0.338 e. The van der Waals surface area contributed by atoms with Gasteiger partial charge in [0.25, 0.3) is 0 Å². The second kappa shape index (κ2) is 6.44. The molecule has 1 unspecified atom stereocenters. The summed E-state index contributed by atoms with van der Waals surface area (Å²) in [6.45, 7) is 0. The fourth-order valence-corrected chi connectivity index (χ4v) is 3.44. The molecular weight excluding hydrogens is 366 g/mol. The van der Waals surface area contributed by atoms with Gasteiger partial charge in [-0.1, -0.05) is 12.1 Å². The molecule has 2 aromatic carbocycles. The quantitative estimate of drug-likeness (QED) is 0.886. The molecule has 0 aliphatic heterocycles. The number of benzene rings is 2. The maximum absolute atomic E-state index is 13.4. The molecule has 0 spiro atoms. The first-order valence-electron chi connectivity index (χ1n) is 5.74. The second-order valence-electron chi connectivity index (χ2n) is 4.15. The van der Waals surface area contributed by atoms with Crippen LogP contribution >= 0.6 is 15.9 Å². The van der Waals surface area contributed by atoms with Crippen molar-refractivity contribution in [3.8, 4) is 0 Å². The molecule has 21 heavy (non-hydrogen) atoms. The Morgan fingerprint density at radius 1 is 1.19 bits per heavy atom. The van der Waals surface area contributed by atoms with Crippen LogP contribution in [0.5, 0.6) is 0 Å². The molecule has 3 nitrogen and oxygen atoms in total. The Balaban J connectivity index is 2.31. The van der Waals surface area contributed by atoms with Crippen LogP contribution < -0.4 is 0 Å². The zero-order valence-electron chi connectivity index (χ0n) is 10.5. The van der Waals surface area contributed by atoms with E-state index in [0.717, 1.165) is 12.1 Å². The van der Waals surface area contributed by atoms with Crippen molar-refractivity contribution in [1.82, 2.24) is 0 Å². The summed E-state index contributed by atoms with van der Waals surface area (Å²) in [5.41, 5.74) is -0.0614. The lowest BCUT2D eigenvalue weighted by Gasteiger charge is -2.07. The predicted octanol–water partition coefficient (Wildman–Crippen LogP) is 3.73. The summed E-state index contributed by atoms with van der Waals surface area (Å²) in [6.07, 6.45) is 0. The van der Waals surface area contributed by atoms with Crippen molar-refractivity contribution in [2.45, 2.75) is 10.6 Å². The molecule has 2 aromatic rings. The van der Waals surface area contributed by atoms with E-state index in [9.17, 15) is 17.8 Å². The highest BCUT2D eigenvalue weighted by atomic mass is 79.9. The van der Waals surface area contributed by atoms with E-state index >= 15 is 0 Å². The molecule has 1 atom stereocenters. The van der Waals surface area contributed by atoms with E-state index in [4.69, 9.17) is 5.11 Å². The number of carboxylic acids is 1. The number of carbonyl (C=O) groups is 1. The molecule has 0 aliphatic rings. The van der Waals surface area contributed by atoms with Gasteiger partial charge in [0.2, 0.25) is 0 Å². The summed E-state index contributed by atoms with van der Waals surface area (Å²) >= 11 is 3.07. The molecule has 0 bridgehead atoms. The summed E-state index contributed by atoms with van der Waals surface area (Å²) < 4.78 is 39.1. The molecular formula is C14H9BrF2O3S. The van der Waals surface area contributed by atoms with E-state index in [-0.39, 0.29) is 15.1 Å². The topological polar surface area (TPSA) is 54.4 Å². The Hall–Kier alpha value is -1.60.